The van der Waals surface area contributed by atoms with E-state index in [0.29, 0.717) is 0 Å². The molecule has 0 aliphatic rings. The van der Waals surface area contributed by atoms with Crippen LogP contribution in [0.4, 0.5) is 0 Å². The van der Waals surface area contributed by atoms with Crippen molar-refractivity contribution in [2.24, 2.45) is 11.3 Å². The number of rotatable bonds is 5. The molecule has 0 rings (SSSR count). The molecule has 0 amide bonds. The Hall–Kier alpha value is 0.210. The highest BCUT2D eigenvalue weighted by atomic mass is 35.5. The third-order valence-electron chi connectivity index (χ3n) is 2.71. The summed E-state index contributed by atoms with van der Waals surface area (Å²) in [6.07, 6.45) is 3.02. The van der Waals surface area contributed by atoms with Crippen LogP contribution < -0.4 is 5.90 Å². The van der Waals surface area contributed by atoms with Crippen molar-refractivity contribution in [3.63, 3.8) is 0 Å². The highest BCUT2D eigenvalue weighted by molar-refractivity contribution is 6.20. The smallest absolute Gasteiger partial charge is 0.157 e. The number of nitrogens with two attached hydrogens (primary N) is 1. The van der Waals surface area contributed by atoms with Gasteiger partial charge in [-0.05, 0) is 19.3 Å². The van der Waals surface area contributed by atoms with E-state index in [1.165, 1.54) is 0 Å². The van der Waals surface area contributed by atoms with Gasteiger partial charge in [0.05, 0.1) is 0 Å². The topological polar surface area (TPSA) is 35.2 Å². The largest absolute Gasteiger partial charge is 0.285 e. The van der Waals surface area contributed by atoms with Gasteiger partial charge in [0, 0.05) is 5.41 Å². The Kier molecular flexibility index (Phi) is 5.06. The quantitative estimate of drug-likeness (QED) is 0.520. The van der Waals surface area contributed by atoms with Gasteiger partial charge in [-0.2, -0.15) is 0 Å². The van der Waals surface area contributed by atoms with Crippen LogP contribution in [0.5, 0.6) is 0 Å². The van der Waals surface area contributed by atoms with Crippen molar-refractivity contribution in [2.45, 2.75) is 45.6 Å². The second-order valence-electron chi connectivity index (χ2n) is 2.88. The third kappa shape index (κ3) is 2.32. The maximum atomic E-state index is 5.94. The molecule has 1 unspecified atom stereocenters. The minimum atomic E-state index is -0.359. The Bertz CT molecular complexity index is 96.0. The maximum Gasteiger partial charge on any atom is 0.157 e. The lowest BCUT2D eigenvalue weighted by Crippen LogP contribution is -2.33. The molecule has 0 saturated heterocycles. The first-order valence-electron chi connectivity index (χ1n) is 4.16. The molecule has 1 atom stereocenters. The van der Waals surface area contributed by atoms with E-state index in [1.54, 1.807) is 0 Å². The second kappa shape index (κ2) is 4.96. The Morgan fingerprint density at radius 1 is 1.27 bits per heavy atom. The molecule has 11 heavy (non-hydrogen) atoms. The molecular formula is C8H18ClNO. The summed E-state index contributed by atoms with van der Waals surface area (Å²) in [6, 6.07) is 0. The van der Waals surface area contributed by atoms with Crippen LogP contribution in [0.2, 0.25) is 0 Å². The lowest BCUT2D eigenvalue weighted by Gasteiger charge is -2.33. The van der Waals surface area contributed by atoms with Crippen molar-refractivity contribution in [2.75, 3.05) is 0 Å². The molecule has 2 N–H and O–H groups in total. The average Bonchev–Trinajstić information content (AvgIpc) is 2.08. The normalized spacial score (nSPS) is 15.0. The monoisotopic (exact) mass is 179 g/mol. The van der Waals surface area contributed by atoms with Crippen molar-refractivity contribution in [1.29, 1.82) is 0 Å². The Morgan fingerprint density at radius 3 is 1.73 bits per heavy atom. The summed E-state index contributed by atoms with van der Waals surface area (Å²) >= 11 is 5.94. The molecule has 0 bridgehead atoms. The van der Waals surface area contributed by atoms with Crippen LogP contribution in [0.15, 0.2) is 0 Å². The molecule has 0 aromatic heterocycles. The number of alkyl halides is 1. The lowest BCUT2D eigenvalue weighted by atomic mass is 9.80. The van der Waals surface area contributed by atoms with Gasteiger partial charge in [-0.3, -0.25) is 4.84 Å². The molecule has 0 radical (unpaired) electrons. The summed E-state index contributed by atoms with van der Waals surface area (Å²) in [4.78, 5) is 4.65. The Morgan fingerprint density at radius 2 is 1.64 bits per heavy atom. The highest BCUT2D eigenvalue weighted by Gasteiger charge is 2.33. The third-order valence-corrected chi connectivity index (χ3v) is 3.28. The summed E-state index contributed by atoms with van der Waals surface area (Å²) in [7, 11) is 0. The molecule has 0 aliphatic carbocycles. The predicted octanol–water partition coefficient (Wildman–Crippen LogP) is 2.66. The van der Waals surface area contributed by atoms with Crippen molar-refractivity contribution in [3.05, 3.63) is 0 Å². The summed E-state index contributed by atoms with van der Waals surface area (Å²) < 4.78 is 0. The van der Waals surface area contributed by atoms with E-state index in [2.05, 4.69) is 25.6 Å². The SMILES string of the molecule is CCC(CC)(CC)C(Cl)ON. The van der Waals surface area contributed by atoms with E-state index < -0.39 is 0 Å². The molecule has 68 valence electrons. The van der Waals surface area contributed by atoms with E-state index >= 15 is 0 Å². The molecule has 0 aliphatic heterocycles. The van der Waals surface area contributed by atoms with Gasteiger partial charge < -0.3 is 0 Å². The molecule has 0 aromatic rings. The minimum absolute atomic E-state index is 0.0519. The fourth-order valence-electron chi connectivity index (χ4n) is 1.38. The molecular weight excluding hydrogens is 162 g/mol. The van der Waals surface area contributed by atoms with Crippen LogP contribution >= 0.6 is 11.6 Å². The minimum Gasteiger partial charge on any atom is -0.285 e. The molecule has 3 heteroatoms. The van der Waals surface area contributed by atoms with Crippen LogP contribution in [-0.4, -0.2) is 5.56 Å². The lowest BCUT2D eigenvalue weighted by molar-refractivity contribution is 0.00294. The Balaban J connectivity index is 4.26. The Labute approximate surface area is 74.0 Å². The number of hydrogen-bond acceptors (Lipinski definition) is 2. The van der Waals surface area contributed by atoms with Gasteiger partial charge in [0.2, 0.25) is 0 Å². The zero-order valence-corrected chi connectivity index (χ0v) is 8.32. The van der Waals surface area contributed by atoms with Crippen LogP contribution in [0.3, 0.4) is 0 Å². The first kappa shape index (κ1) is 11.2. The molecule has 2 nitrogen and oxygen atoms in total. The fraction of sp³-hybridized carbons (Fsp3) is 1.00. The van der Waals surface area contributed by atoms with Crippen molar-refractivity contribution in [1.82, 2.24) is 0 Å². The molecule has 0 spiro atoms. The summed E-state index contributed by atoms with van der Waals surface area (Å²) in [5.74, 6) is 5.05. The van der Waals surface area contributed by atoms with Crippen LogP contribution in [0, 0.1) is 5.41 Å². The standard InChI is InChI=1S/C8H18ClNO/c1-4-8(5-2,6-3)7(9)11-10/h7H,4-6,10H2,1-3H3. The summed E-state index contributed by atoms with van der Waals surface area (Å²) in [5.41, 5.74) is -0.307. The van der Waals surface area contributed by atoms with E-state index in [9.17, 15) is 0 Å². The zero-order chi connectivity index (χ0) is 8.91. The van der Waals surface area contributed by atoms with Gasteiger partial charge in [-0.15, -0.1) is 0 Å². The van der Waals surface area contributed by atoms with E-state index in [1.807, 2.05) is 0 Å². The van der Waals surface area contributed by atoms with Crippen LogP contribution in [0.1, 0.15) is 40.0 Å². The van der Waals surface area contributed by atoms with Gasteiger partial charge >= 0.3 is 0 Å². The number of hydrogen-bond donors (Lipinski definition) is 1. The molecule has 0 fully saturated rings. The predicted molar refractivity (Wildman–Crippen MR) is 48.2 cm³/mol. The zero-order valence-electron chi connectivity index (χ0n) is 7.56. The number of halogens is 1. The fourth-order valence-corrected chi connectivity index (χ4v) is 1.84. The maximum absolute atomic E-state index is 5.94. The van der Waals surface area contributed by atoms with Gasteiger partial charge in [-0.1, -0.05) is 32.4 Å². The van der Waals surface area contributed by atoms with Crippen molar-refractivity contribution in [3.8, 4) is 0 Å². The van der Waals surface area contributed by atoms with Crippen molar-refractivity contribution < 1.29 is 4.84 Å². The van der Waals surface area contributed by atoms with Crippen LogP contribution in [0.25, 0.3) is 0 Å². The van der Waals surface area contributed by atoms with E-state index in [4.69, 9.17) is 17.5 Å². The van der Waals surface area contributed by atoms with Crippen LogP contribution in [-0.2, 0) is 4.84 Å². The average molecular weight is 180 g/mol. The summed E-state index contributed by atoms with van der Waals surface area (Å²) in [5, 5.41) is 0. The molecule has 0 aromatic carbocycles. The van der Waals surface area contributed by atoms with Gasteiger partial charge in [0.1, 0.15) is 0 Å². The molecule has 0 heterocycles. The second-order valence-corrected chi connectivity index (χ2v) is 3.27. The van der Waals surface area contributed by atoms with E-state index in [-0.39, 0.29) is 11.0 Å². The molecule has 0 saturated carbocycles. The summed E-state index contributed by atoms with van der Waals surface area (Å²) in [6.45, 7) is 6.34. The van der Waals surface area contributed by atoms with Gasteiger partial charge in [-0.25, -0.2) is 5.90 Å². The van der Waals surface area contributed by atoms with E-state index in [0.717, 1.165) is 19.3 Å². The first-order chi connectivity index (χ1) is 5.16. The van der Waals surface area contributed by atoms with Gasteiger partial charge in [0.25, 0.3) is 0 Å². The first-order valence-corrected chi connectivity index (χ1v) is 4.60. The van der Waals surface area contributed by atoms with Crippen molar-refractivity contribution >= 4 is 11.6 Å². The highest BCUT2D eigenvalue weighted by Crippen LogP contribution is 2.37. The van der Waals surface area contributed by atoms with Gasteiger partial charge in [0.15, 0.2) is 5.56 Å².